The highest BCUT2D eigenvalue weighted by Crippen LogP contribution is 2.22. The predicted octanol–water partition coefficient (Wildman–Crippen LogP) is 4.23. The van der Waals surface area contributed by atoms with Gasteiger partial charge in [0.2, 0.25) is 5.91 Å². The third-order valence-corrected chi connectivity index (χ3v) is 4.02. The van der Waals surface area contributed by atoms with Crippen LogP contribution in [0.25, 0.3) is 11.0 Å². The van der Waals surface area contributed by atoms with E-state index >= 15 is 0 Å². The molecule has 0 aliphatic rings. The maximum Gasteiger partial charge on any atom is 0.234 e. The minimum absolute atomic E-state index is 0.0473. The van der Waals surface area contributed by atoms with Crippen LogP contribution in [0.4, 0.5) is 14.5 Å². The van der Waals surface area contributed by atoms with Crippen molar-refractivity contribution < 1.29 is 13.6 Å². The number of aromatic nitrogens is 2. The molecule has 0 atom stereocenters. The molecule has 0 spiro atoms. The first-order valence-electron chi connectivity index (χ1n) is 6.53. The fourth-order valence-corrected chi connectivity index (χ4v) is 2.84. The summed E-state index contributed by atoms with van der Waals surface area (Å²) in [7, 11) is 0. The Balaban J connectivity index is 1.63. The van der Waals surface area contributed by atoms with Crippen molar-refractivity contribution in [3.63, 3.8) is 0 Å². The summed E-state index contributed by atoms with van der Waals surface area (Å²) in [6, 6.07) is 8.08. The molecule has 1 amide bonds. The number of amides is 1. The van der Waals surface area contributed by atoms with Gasteiger partial charge in [0.25, 0.3) is 0 Å². The normalized spacial score (nSPS) is 10.9. The third kappa shape index (κ3) is 4.00. The number of fused-ring (bicyclic) bond motifs is 1. The minimum Gasteiger partial charge on any atom is -0.333 e. The average Bonchev–Trinajstić information content (AvgIpc) is 2.86. The van der Waals surface area contributed by atoms with Crippen molar-refractivity contribution in [2.24, 2.45) is 0 Å². The predicted molar refractivity (Wildman–Crippen MR) is 86.8 cm³/mol. The third-order valence-electron chi connectivity index (χ3n) is 2.91. The van der Waals surface area contributed by atoms with Gasteiger partial charge >= 0.3 is 0 Å². The van der Waals surface area contributed by atoms with Crippen LogP contribution in [0.15, 0.2) is 41.6 Å². The van der Waals surface area contributed by atoms with Crippen molar-refractivity contribution in [2.75, 3.05) is 11.1 Å². The van der Waals surface area contributed by atoms with Crippen molar-refractivity contribution in [1.82, 2.24) is 9.97 Å². The van der Waals surface area contributed by atoms with Crippen LogP contribution < -0.4 is 5.32 Å². The van der Waals surface area contributed by atoms with Gasteiger partial charge in [-0.05, 0) is 30.3 Å². The van der Waals surface area contributed by atoms with E-state index in [2.05, 4.69) is 15.3 Å². The molecule has 0 radical (unpaired) electrons. The van der Waals surface area contributed by atoms with Gasteiger partial charge in [-0.2, -0.15) is 0 Å². The van der Waals surface area contributed by atoms with Crippen LogP contribution in [-0.4, -0.2) is 21.6 Å². The lowest BCUT2D eigenvalue weighted by atomic mass is 10.3. The molecule has 2 N–H and O–H groups in total. The van der Waals surface area contributed by atoms with Crippen LogP contribution in [0.3, 0.4) is 0 Å². The number of hydrogen-bond donors (Lipinski definition) is 2. The van der Waals surface area contributed by atoms with Crippen molar-refractivity contribution in [3.05, 3.63) is 53.1 Å². The molecular weight excluding hydrogens is 344 g/mol. The Morgan fingerprint density at radius 2 is 1.96 bits per heavy atom. The number of thioether (sulfide) groups is 1. The molecule has 0 saturated carbocycles. The summed E-state index contributed by atoms with van der Waals surface area (Å²) in [6.45, 7) is 0. The number of aromatic amines is 1. The molecule has 3 rings (SSSR count). The summed E-state index contributed by atoms with van der Waals surface area (Å²) in [4.78, 5) is 19.2. The van der Waals surface area contributed by atoms with E-state index in [1.54, 1.807) is 18.2 Å². The molecule has 0 saturated heterocycles. The summed E-state index contributed by atoms with van der Waals surface area (Å²) in [5, 5.41) is 3.58. The summed E-state index contributed by atoms with van der Waals surface area (Å²) >= 11 is 7.07. The lowest BCUT2D eigenvalue weighted by molar-refractivity contribution is -0.113. The number of nitrogens with one attached hydrogen (secondary N) is 2. The second-order valence-electron chi connectivity index (χ2n) is 4.70. The molecule has 118 valence electrons. The van der Waals surface area contributed by atoms with Gasteiger partial charge in [-0.25, -0.2) is 13.8 Å². The highest BCUT2D eigenvalue weighted by molar-refractivity contribution is 7.99. The summed E-state index contributed by atoms with van der Waals surface area (Å²) in [6.07, 6.45) is 0. The van der Waals surface area contributed by atoms with Crippen LogP contribution in [-0.2, 0) is 4.79 Å². The second-order valence-corrected chi connectivity index (χ2v) is 6.10. The number of carbonyl (C=O) groups excluding carboxylic acids is 1. The molecular formula is C15H10ClF2N3OS. The lowest BCUT2D eigenvalue weighted by Gasteiger charge is -2.04. The van der Waals surface area contributed by atoms with E-state index in [1.165, 1.54) is 11.8 Å². The van der Waals surface area contributed by atoms with Gasteiger partial charge in [0.1, 0.15) is 11.6 Å². The molecule has 8 heteroatoms. The van der Waals surface area contributed by atoms with E-state index in [9.17, 15) is 13.6 Å². The van der Waals surface area contributed by atoms with Crippen LogP contribution in [0, 0.1) is 11.6 Å². The monoisotopic (exact) mass is 353 g/mol. The minimum atomic E-state index is -0.748. The highest BCUT2D eigenvalue weighted by Gasteiger charge is 2.09. The fourth-order valence-electron chi connectivity index (χ4n) is 1.98. The van der Waals surface area contributed by atoms with E-state index in [1.807, 2.05) is 0 Å². The number of hydrogen-bond acceptors (Lipinski definition) is 3. The zero-order chi connectivity index (χ0) is 16.4. The zero-order valence-electron chi connectivity index (χ0n) is 11.6. The molecule has 0 aliphatic carbocycles. The smallest absolute Gasteiger partial charge is 0.234 e. The van der Waals surface area contributed by atoms with Gasteiger partial charge in [0.05, 0.1) is 16.8 Å². The fraction of sp³-hybridized carbons (Fsp3) is 0.0667. The average molecular weight is 354 g/mol. The topological polar surface area (TPSA) is 57.8 Å². The molecule has 0 unspecified atom stereocenters. The molecule has 1 heterocycles. The Morgan fingerprint density at radius 1 is 1.22 bits per heavy atom. The van der Waals surface area contributed by atoms with E-state index in [0.717, 1.165) is 29.2 Å². The largest absolute Gasteiger partial charge is 0.333 e. The molecule has 23 heavy (non-hydrogen) atoms. The quantitative estimate of drug-likeness (QED) is 0.690. The Morgan fingerprint density at radius 3 is 2.70 bits per heavy atom. The summed E-state index contributed by atoms with van der Waals surface area (Å²) in [5.41, 5.74) is 1.58. The molecule has 0 aliphatic heterocycles. The molecule has 0 fully saturated rings. The number of carbonyl (C=O) groups is 1. The first kappa shape index (κ1) is 15.8. The maximum absolute atomic E-state index is 13.1. The molecule has 4 nitrogen and oxygen atoms in total. The summed E-state index contributed by atoms with van der Waals surface area (Å²) in [5.74, 6) is -1.84. The first-order chi connectivity index (χ1) is 11.0. The lowest BCUT2D eigenvalue weighted by Crippen LogP contribution is -2.14. The molecule has 3 aromatic rings. The van der Waals surface area contributed by atoms with Gasteiger partial charge in [0.15, 0.2) is 5.16 Å². The Bertz CT molecular complexity index is 864. The number of H-pyrrole nitrogens is 1. The highest BCUT2D eigenvalue weighted by atomic mass is 35.5. The van der Waals surface area contributed by atoms with Crippen molar-refractivity contribution in [1.29, 1.82) is 0 Å². The van der Waals surface area contributed by atoms with E-state index in [0.29, 0.717) is 10.2 Å². The molecule has 1 aromatic heterocycles. The van der Waals surface area contributed by atoms with E-state index in [4.69, 9.17) is 11.6 Å². The van der Waals surface area contributed by atoms with Gasteiger partial charge in [-0.1, -0.05) is 23.4 Å². The van der Waals surface area contributed by atoms with Crippen LogP contribution in [0.5, 0.6) is 0 Å². The van der Waals surface area contributed by atoms with Gasteiger partial charge in [0, 0.05) is 16.8 Å². The number of halogens is 3. The molecule has 2 aromatic carbocycles. The van der Waals surface area contributed by atoms with Crippen LogP contribution >= 0.6 is 23.4 Å². The second kappa shape index (κ2) is 6.55. The van der Waals surface area contributed by atoms with Gasteiger partial charge in [-0.15, -0.1) is 0 Å². The number of anilines is 1. The Labute approximate surface area is 139 Å². The van der Waals surface area contributed by atoms with Crippen LogP contribution in [0.1, 0.15) is 0 Å². The standard InChI is InChI=1S/C15H10ClF2N3OS/c16-8-1-2-12-13(3-8)21-15(20-12)23-7-14(22)19-11-5-9(17)4-10(18)6-11/h1-6H,7H2,(H,19,22)(H,20,21). The zero-order valence-corrected chi connectivity index (χ0v) is 13.1. The number of nitrogens with zero attached hydrogens (tertiary/aromatic N) is 1. The van der Waals surface area contributed by atoms with Crippen LogP contribution in [0.2, 0.25) is 5.02 Å². The van der Waals surface area contributed by atoms with E-state index in [-0.39, 0.29) is 11.4 Å². The number of imidazole rings is 1. The SMILES string of the molecule is O=C(CSc1nc2ccc(Cl)cc2[nH]1)Nc1cc(F)cc(F)c1. The molecule has 0 bridgehead atoms. The van der Waals surface area contributed by atoms with Crippen molar-refractivity contribution >= 4 is 46.0 Å². The first-order valence-corrected chi connectivity index (χ1v) is 7.90. The van der Waals surface area contributed by atoms with Crippen molar-refractivity contribution in [2.45, 2.75) is 5.16 Å². The van der Waals surface area contributed by atoms with E-state index < -0.39 is 17.5 Å². The van der Waals surface area contributed by atoms with Gasteiger partial charge in [-0.3, -0.25) is 4.79 Å². The number of benzene rings is 2. The maximum atomic E-state index is 13.1. The number of rotatable bonds is 4. The van der Waals surface area contributed by atoms with Crippen molar-refractivity contribution in [3.8, 4) is 0 Å². The van der Waals surface area contributed by atoms with Gasteiger partial charge < -0.3 is 10.3 Å². The Hall–Kier alpha value is -2.12. The Kier molecular flexibility index (Phi) is 4.49. The summed E-state index contributed by atoms with van der Waals surface area (Å²) < 4.78 is 26.1.